The summed E-state index contributed by atoms with van der Waals surface area (Å²) >= 11 is 0. The van der Waals surface area contributed by atoms with Gasteiger partial charge in [-0.25, -0.2) is 9.98 Å². The lowest BCUT2D eigenvalue weighted by atomic mass is 10.2. The van der Waals surface area contributed by atoms with E-state index in [1.54, 1.807) is 19.1 Å². The van der Waals surface area contributed by atoms with Crippen molar-refractivity contribution in [1.29, 1.82) is 0 Å². The number of imidazole rings is 1. The number of aliphatic imine (C=N–C) groups is 1. The van der Waals surface area contributed by atoms with Crippen LogP contribution in [0.15, 0.2) is 65.8 Å². The van der Waals surface area contributed by atoms with E-state index in [1.165, 1.54) is 0 Å². The molecule has 0 bridgehead atoms. The van der Waals surface area contributed by atoms with Crippen molar-refractivity contribution in [2.75, 3.05) is 0 Å². The number of nitrogens with one attached hydrogen (secondary N) is 1. The maximum atomic E-state index is 12.3. The second-order valence-corrected chi connectivity index (χ2v) is 5.67. The zero-order valence-electron chi connectivity index (χ0n) is 14.5. The molecule has 0 saturated carbocycles. The van der Waals surface area contributed by atoms with Crippen molar-refractivity contribution < 1.29 is 4.79 Å². The van der Waals surface area contributed by atoms with Crippen molar-refractivity contribution in [1.82, 2.24) is 14.7 Å². The number of pyridine rings is 1. The molecule has 1 N–H and O–H groups in total. The van der Waals surface area contributed by atoms with Gasteiger partial charge < -0.3 is 5.32 Å². The monoisotopic (exact) mass is 332 g/mol. The van der Waals surface area contributed by atoms with Crippen molar-refractivity contribution in [3.05, 3.63) is 77.8 Å². The highest BCUT2D eigenvalue weighted by Crippen LogP contribution is 2.21. The van der Waals surface area contributed by atoms with Gasteiger partial charge in [0.05, 0.1) is 17.1 Å². The highest BCUT2D eigenvalue weighted by molar-refractivity contribution is 6.06. The first-order chi connectivity index (χ1) is 12.1. The molecule has 0 radical (unpaired) electrons. The summed E-state index contributed by atoms with van der Waals surface area (Å²) < 4.78 is 2.00. The topological polar surface area (TPSA) is 58.8 Å². The van der Waals surface area contributed by atoms with E-state index >= 15 is 0 Å². The van der Waals surface area contributed by atoms with E-state index in [2.05, 4.69) is 15.3 Å². The normalized spacial score (nSPS) is 12.4. The molecule has 0 unspecified atom stereocenters. The molecule has 0 aliphatic carbocycles. The Morgan fingerprint density at radius 1 is 1.16 bits per heavy atom. The molecule has 0 spiro atoms. The highest BCUT2D eigenvalue weighted by Gasteiger charge is 2.13. The minimum absolute atomic E-state index is 0.174. The van der Waals surface area contributed by atoms with Gasteiger partial charge in [-0.1, -0.05) is 30.3 Å². The molecule has 0 atom stereocenters. The average molecular weight is 332 g/mol. The fourth-order valence-corrected chi connectivity index (χ4v) is 2.71. The summed E-state index contributed by atoms with van der Waals surface area (Å²) in [5, 5.41) is 2.83. The number of rotatable bonds is 3. The van der Waals surface area contributed by atoms with Crippen LogP contribution < -0.4 is 5.32 Å². The van der Waals surface area contributed by atoms with Crippen LogP contribution in [0.4, 0.5) is 0 Å². The first kappa shape index (κ1) is 16.6. The Bertz CT molecular complexity index is 968. The number of hydrogen-bond donors (Lipinski definition) is 1. The summed E-state index contributed by atoms with van der Waals surface area (Å²) in [6.45, 7) is 5.66. The number of carbonyl (C=O) groups excluding carboxylic acids is 1. The van der Waals surface area contributed by atoms with Crippen molar-refractivity contribution in [2.24, 2.45) is 4.99 Å². The Hall–Kier alpha value is -3.21. The van der Waals surface area contributed by atoms with Crippen molar-refractivity contribution in [3.8, 4) is 0 Å². The molecule has 5 nitrogen and oxygen atoms in total. The number of allylic oxidation sites excluding steroid dienone is 1. The van der Waals surface area contributed by atoms with Gasteiger partial charge in [-0.2, -0.15) is 0 Å². The molecule has 25 heavy (non-hydrogen) atoms. The molecule has 2 aromatic heterocycles. The van der Waals surface area contributed by atoms with Gasteiger partial charge in [0.15, 0.2) is 0 Å². The SMILES string of the molecule is C/C=C(\N=C(C)NC(=O)c1ccccc1)c1c(C)nc2ccccn12. The summed E-state index contributed by atoms with van der Waals surface area (Å²) in [5.74, 6) is 0.361. The van der Waals surface area contributed by atoms with Crippen LogP contribution in [0.1, 0.15) is 35.6 Å². The van der Waals surface area contributed by atoms with Crippen molar-refractivity contribution >= 4 is 23.1 Å². The Kier molecular flexibility index (Phi) is 4.75. The number of nitrogens with zero attached hydrogens (tertiary/aromatic N) is 3. The minimum Gasteiger partial charge on any atom is -0.310 e. The van der Waals surface area contributed by atoms with Crippen LogP contribution >= 0.6 is 0 Å². The maximum absolute atomic E-state index is 12.3. The summed E-state index contributed by atoms with van der Waals surface area (Å²) in [5.41, 5.74) is 4.05. The summed E-state index contributed by atoms with van der Waals surface area (Å²) in [6, 6.07) is 15.0. The number of hydrogen-bond acceptors (Lipinski definition) is 3. The molecule has 0 aliphatic rings. The first-order valence-electron chi connectivity index (χ1n) is 8.12. The largest absolute Gasteiger partial charge is 0.310 e. The average Bonchev–Trinajstić information content (AvgIpc) is 2.96. The van der Waals surface area contributed by atoms with Gasteiger partial charge in [0.25, 0.3) is 5.91 Å². The number of benzene rings is 1. The Labute approximate surface area is 146 Å². The van der Waals surface area contributed by atoms with E-state index in [1.807, 2.05) is 66.9 Å². The molecular weight excluding hydrogens is 312 g/mol. The van der Waals surface area contributed by atoms with E-state index < -0.39 is 0 Å². The lowest BCUT2D eigenvalue weighted by Gasteiger charge is -2.08. The molecule has 0 saturated heterocycles. The lowest BCUT2D eigenvalue weighted by Crippen LogP contribution is -2.28. The molecule has 1 amide bonds. The summed E-state index contributed by atoms with van der Waals surface area (Å²) in [6.07, 6.45) is 3.88. The molecule has 0 fully saturated rings. The number of aromatic nitrogens is 2. The lowest BCUT2D eigenvalue weighted by molar-refractivity contribution is 0.0977. The number of fused-ring (bicyclic) bond motifs is 1. The van der Waals surface area contributed by atoms with E-state index in [-0.39, 0.29) is 5.91 Å². The van der Waals surface area contributed by atoms with Crippen molar-refractivity contribution in [2.45, 2.75) is 20.8 Å². The third-order valence-electron chi connectivity index (χ3n) is 3.84. The van der Waals surface area contributed by atoms with Gasteiger partial charge in [0, 0.05) is 11.8 Å². The highest BCUT2D eigenvalue weighted by atomic mass is 16.1. The number of aryl methyl sites for hydroxylation is 1. The maximum Gasteiger partial charge on any atom is 0.256 e. The minimum atomic E-state index is -0.174. The smallest absolute Gasteiger partial charge is 0.256 e. The number of amides is 1. The van der Waals surface area contributed by atoms with Crippen LogP contribution in [-0.2, 0) is 0 Å². The van der Waals surface area contributed by atoms with Gasteiger partial charge >= 0.3 is 0 Å². The zero-order chi connectivity index (χ0) is 17.8. The first-order valence-corrected chi connectivity index (χ1v) is 8.12. The number of carbonyl (C=O) groups is 1. The van der Waals surface area contributed by atoms with Crippen LogP contribution in [0.25, 0.3) is 11.3 Å². The Morgan fingerprint density at radius 3 is 2.60 bits per heavy atom. The zero-order valence-corrected chi connectivity index (χ0v) is 14.5. The van der Waals surface area contributed by atoms with Gasteiger partial charge in [-0.3, -0.25) is 9.20 Å². The van der Waals surface area contributed by atoms with Gasteiger partial charge in [0.1, 0.15) is 11.5 Å². The standard InChI is InChI=1S/C20H20N4O/c1-4-17(19-14(2)21-18-12-8-9-13-24(18)19)22-15(3)23-20(25)16-10-6-5-7-11-16/h4-13H,1-3H3,(H,22,23,25)/b17-4-. The van der Waals surface area contributed by atoms with Gasteiger partial charge in [-0.15, -0.1) is 0 Å². The number of amidine groups is 1. The van der Waals surface area contributed by atoms with Gasteiger partial charge in [0.2, 0.25) is 0 Å². The predicted molar refractivity (Wildman–Crippen MR) is 101 cm³/mol. The van der Waals surface area contributed by atoms with Crippen LogP contribution in [0.3, 0.4) is 0 Å². The second kappa shape index (κ2) is 7.13. The third kappa shape index (κ3) is 3.50. The van der Waals surface area contributed by atoms with Crippen LogP contribution in [0.2, 0.25) is 0 Å². The molecule has 3 aromatic rings. The molecule has 126 valence electrons. The quantitative estimate of drug-likeness (QED) is 0.585. The van der Waals surface area contributed by atoms with E-state index in [0.717, 1.165) is 22.7 Å². The van der Waals surface area contributed by atoms with Crippen LogP contribution in [0, 0.1) is 6.92 Å². The Balaban J connectivity index is 1.90. The van der Waals surface area contributed by atoms with Crippen molar-refractivity contribution in [3.63, 3.8) is 0 Å². The van der Waals surface area contributed by atoms with Crippen LogP contribution in [-0.4, -0.2) is 21.1 Å². The van der Waals surface area contributed by atoms with Gasteiger partial charge in [-0.05, 0) is 45.0 Å². The molecule has 0 aliphatic heterocycles. The molecular formula is C20H20N4O. The summed E-state index contributed by atoms with van der Waals surface area (Å²) in [4.78, 5) is 21.4. The molecule has 2 heterocycles. The Morgan fingerprint density at radius 2 is 1.88 bits per heavy atom. The second-order valence-electron chi connectivity index (χ2n) is 5.67. The fraction of sp³-hybridized carbons (Fsp3) is 0.150. The fourth-order valence-electron chi connectivity index (χ4n) is 2.71. The molecule has 1 aromatic carbocycles. The van der Waals surface area contributed by atoms with E-state index in [9.17, 15) is 4.79 Å². The molecule has 5 heteroatoms. The van der Waals surface area contributed by atoms with E-state index in [4.69, 9.17) is 0 Å². The van der Waals surface area contributed by atoms with Crippen LogP contribution in [0.5, 0.6) is 0 Å². The van der Waals surface area contributed by atoms with E-state index in [0.29, 0.717) is 11.4 Å². The third-order valence-corrected chi connectivity index (χ3v) is 3.84. The molecule has 3 rings (SSSR count). The summed E-state index contributed by atoms with van der Waals surface area (Å²) in [7, 11) is 0. The predicted octanol–water partition coefficient (Wildman–Crippen LogP) is 3.85.